The highest BCUT2D eigenvalue weighted by atomic mass is 19.4. The van der Waals surface area contributed by atoms with Gasteiger partial charge in [0.1, 0.15) is 12.1 Å². The van der Waals surface area contributed by atoms with Gasteiger partial charge < -0.3 is 35.1 Å². The first-order chi connectivity index (χ1) is 23.7. The maximum absolute atomic E-state index is 15.4. The van der Waals surface area contributed by atoms with Crippen molar-refractivity contribution < 1.29 is 56.0 Å². The SMILES string of the molecule is CCOC(=O)CNC(=O)NCc1ccc([C@H]2C[C@@]3(C)[C@@H](CC[C@@]3(O)C(F)(F)C(F)(F)F)[C@@H]3CC[C@@]4(O)CC5(CCC4=C32)OCC(C)(C)CO5)cc1. The molecule has 9 nitrogen and oxygen atoms in total. The van der Waals surface area contributed by atoms with E-state index in [1.807, 2.05) is 13.8 Å². The van der Waals surface area contributed by atoms with Crippen LogP contribution in [0.25, 0.3) is 0 Å². The molecule has 4 aliphatic carbocycles. The highest BCUT2D eigenvalue weighted by Crippen LogP contribution is 2.71. The molecule has 0 bridgehead atoms. The number of aliphatic hydroxyl groups is 2. The van der Waals surface area contributed by atoms with Crippen LogP contribution in [0.5, 0.6) is 0 Å². The van der Waals surface area contributed by atoms with Gasteiger partial charge in [-0.1, -0.05) is 50.6 Å². The molecule has 6 atom stereocenters. The average Bonchev–Trinajstić information content (AvgIpc) is 3.34. The number of fused-ring (bicyclic) bond motifs is 4. The van der Waals surface area contributed by atoms with E-state index >= 15 is 8.78 Å². The molecular formula is C37H49F5N2O7. The summed E-state index contributed by atoms with van der Waals surface area (Å²) in [5, 5.41) is 29.0. The van der Waals surface area contributed by atoms with E-state index in [-0.39, 0.29) is 50.8 Å². The summed E-state index contributed by atoms with van der Waals surface area (Å²) in [4.78, 5) is 23.8. The zero-order chi connectivity index (χ0) is 37.3. The summed E-state index contributed by atoms with van der Waals surface area (Å²) in [5.74, 6) is -8.64. The van der Waals surface area contributed by atoms with E-state index in [4.69, 9.17) is 14.2 Å². The number of allylic oxidation sites excluding steroid dienone is 1. The predicted octanol–water partition coefficient (Wildman–Crippen LogP) is 6.27. The lowest BCUT2D eigenvalue weighted by atomic mass is 9.49. The summed E-state index contributed by atoms with van der Waals surface area (Å²) in [6.07, 6.45) is -5.13. The molecule has 1 saturated heterocycles. The minimum Gasteiger partial charge on any atom is -0.465 e. The summed E-state index contributed by atoms with van der Waals surface area (Å²) < 4.78 is 90.0. The molecule has 6 rings (SSSR count). The topological polar surface area (TPSA) is 126 Å². The molecule has 284 valence electrons. The van der Waals surface area contributed by atoms with Crippen LogP contribution in [0.2, 0.25) is 0 Å². The number of hydrogen-bond donors (Lipinski definition) is 4. The molecule has 4 fully saturated rings. The van der Waals surface area contributed by atoms with Crippen molar-refractivity contribution in [3.05, 3.63) is 46.5 Å². The molecular weight excluding hydrogens is 679 g/mol. The van der Waals surface area contributed by atoms with Gasteiger partial charge in [0.05, 0.1) is 25.4 Å². The number of alkyl halides is 5. The third-order valence-electron chi connectivity index (χ3n) is 12.4. The van der Waals surface area contributed by atoms with Crippen molar-refractivity contribution in [2.45, 2.75) is 121 Å². The molecule has 3 saturated carbocycles. The second-order valence-corrected chi connectivity index (χ2v) is 16.3. The highest BCUT2D eigenvalue weighted by Gasteiger charge is 2.79. The minimum atomic E-state index is -5.94. The monoisotopic (exact) mass is 728 g/mol. The first-order valence-electron chi connectivity index (χ1n) is 17.9. The Labute approximate surface area is 294 Å². The molecule has 1 aromatic rings. The summed E-state index contributed by atoms with van der Waals surface area (Å²) in [7, 11) is 0. The Morgan fingerprint density at radius 2 is 1.63 bits per heavy atom. The van der Waals surface area contributed by atoms with Crippen molar-refractivity contribution in [2.75, 3.05) is 26.4 Å². The van der Waals surface area contributed by atoms with Crippen LogP contribution in [0.4, 0.5) is 26.7 Å². The Kier molecular flexibility index (Phi) is 9.63. The lowest BCUT2D eigenvalue weighted by Gasteiger charge is -2.59. The van der Waals surface area contributed by atoms with Gasteiger partial charge in [-0.25, -0.2) is 4.79 Å². The van der Waals surface area contributed by atoms with Crippen molar-refractivity contribution in [2.24, 2.45) is 22.7 Å². The third kappa shape index (κ3) is 6.45. The molecule has 0 aromatic heterocycles. The van der Waals surface area contributed by atoms with Gasteiger partial charge in [0, 0.05) is 36.1 Å². The molecule has 1 aromatic carbocycles. The quantitative estimate of drug-likeness (QED) is 0.148. The number of carbonyl (C=O) groups is 2. The highest BCUT2D eigenvalue weighted by molar-refractivity contribution is 5.80. The van der Waals surface area contributed by atoms with Gasteiger partial charge in [-0.15, -0.1) is 0 Å². The fourth-order valence-corrected chi connectivity index (χ4v) is 9.78. The van der Waals surface area contributed by atoms with E-state index in [0.717, 1.165) is 11.1 Å². The number of rotatable bonds is 7. The molecule has 1 aliphatic heterocycles. The van der Waals surface area contributed by atoms with E-state index in [9.17, 15) is 33.0 Å². The standard InChI is InChI=1S/C37H49F5N2O7/c1-5-49-28(45)18-44-30(46)43-17-22-6-8-23(9-7-22)25-16-32(4)26(12-15-35(32,48)36(38,39)37(40,41)42)24-10-13-33(47)19-34(14-11-27(33)29(24)25)50-20-31(2,3)21-51-34/h6-9,24-26,47-48H,5,10-21H2,1-4H3,(H2,43,44,46)/t24-,25+,26-,32-,33+,35-/m0/s1. The Bertz CT molecular complexity index is 1540. The molecule has 2 amide bonds. The van der Waals surface area contributed by atoms with E-state index < -0.39 is 70.7 Å². The maximum atomic E-state index is 15.4. The molecule has 0 unspecified atom stereocenters. The predicted molar refractivity (Wildman–Crippen MR) is 174 cm³/mol. The number of halogens is 5. The Hall–Kier alpha value is -2.81. The summed E-state index contributed by atoms with van der Waals surface area (Å²) in [6, 6.07) is 6.39. The average molecular weight is 729 g/mol. The van der Waals surface area contributed by atoms with Crippen LogP contribution in [0.3, 0.4) is 0 Å². The van der Waals surface area contributed by atoms with Gasteiger partial charge in [-0.3, -0.25) is 4.79 Å². The molecule has 51 heavy (non-hydrogen) atoms. The molecule has 4 N–H and O–H groups in total. The van der Waals surface area contributed by atoms with Gasteiger partial charge in [0.25, 0.3) is 0 Å². The summed E-state index contributed by atoms with van der Waals surface area (Å²) in [5.41, 5.74) is -3.66. The molecule has 1 spiro atoms. The largest absolute Gasteiger partial charge is 0.465 e. The smallest absolute Gasteiger partial charge is 0.456 e. The van der Waals surface area contributed by atoms with Crippen molar-refractivity contribution in [3.8, 4) is 0 Å². The van der Waals surface area contributed by atoms with E-state index in [2.05, 4.69) is 10.6 Å². The fraction of sp³-hybridized carbons (Fsp3) is 0.730. The Balaban J connectivity index is 1.33. The fourth-order valence-electron chi connectivity index (χ4n) is 9.78. The van der Waals surface area contributed by atoms with Gasteiger partial charge in [0.15, 0.2) is 5.79 Å². The molecule has 1 heterocycles. The zero-order valence-electron chi connectivity index (χ0n) is 29.6. The lowest BCUT2D eigenvalue weighted by molar-refractivity contribution is -0.362. The number of carbonyl (C=O) groups excluding carboxylic acids is 2. The minimum absolute atomic E-state index is 0.000649. The van der Waals surface area contributed by atoms with E-state index in [0.29, 0.717) is 43.6 Å². The Morgan fingerprint density at radius 1 is 0.961 bits per heavy atom. The zero-order valence-corrected chi connectivity index (χ0v) is 29.6. The van der Waals surface area contributed by atoms with E-state index in [1.165, 1.54) is 6.92 Å². The first kappa shape index (κ1) is 37.9. The van der Waals surface area contributed by atoms with Crippen LogP contribution in [-0.4, -0.2) is 77.7 Å². The molecule has 0 radical (unpaired) electrons. The number of esters is 1. The van der Waals surface area contributed by atoms with Crippen molar-refractivity contribution in [1.29, 1.82) is 0 Å². The molecule has 14 heteroatoms. The van der Waals surface area contributed by atoms with Gasteiger partial charge in [-0.05, 0) is 74.0 Å². The number of nitrogens with one attached hydrogen (secondary N) is 2. The van der Waals surface area contributed by atoms with Crippen LogP contribution in [0.1, 0.15) is 96.1 Å². The van der Waals surface area contributed by atoms with Gasteiger partial charge in [0.2, 0.25) is 0 Å². The second-order valence-electron chi connectivity index (χ2n) is 16.3. The van der Waals surface area contributed by atoms with Gasteiger partial charge >= 0.3 is 24.1 Å². The summed E-state index contributed by atoms with van der Waals surface area (Å²) >= 11 is 0. The van der Waals surface area contributed by atoms with Crippen molar-refractivity contribution in [3.63, 3.8) is 0 Å². The van der Waals surface area contributed by atoms with Crippen LogP contribution in [0.15, 0.2) is 35.4 Å². The number of urea groups is 1. The molecule has 5 aliphatic rings. The van der Waals surface area contributed by atoms with Crippen LogP contribution in [0, 0.1) is 22.7 Å². The normalized spacial score (nSPS) is 34.3. The first-order valence-corrected chi connectivity index (χ1v) is 17.9. The van der Waals surface area contributed by atoms with E-state index in [1.54, 1.807) is 31.2 Å². The second kappa shape index (κ2) is 12.9. The number of benzene rings is 1. The van der Waals surface area contributed by atoms with Crippen LogP contribution >= 0.6 is 0 Å². The van der Waals surface area contributed by atoms with Crippen LogP contribution < -0.4 is 10.6 Å². The van der Waals surface area contributed by atoms with Gasteiger partial charge in [-0.2, -0.15) is 22.0 Å². The summed E-state index contributed by atoms with van der Waals surface area (Å²) in [6.45, 7) is 7.99. The maximum Gasteiger partial charge on any atom is 0.456 e. The van der Waals surface area contributed by atoms with Crippen LogP contribution in [-0.2, 0) is 25.5 Å². The van der Waals surface area contributed by atoms with Crippen molar-refractivity contribution >= 4 is 12.0 Å². The third-order valence-corrected chi connectivity index (χ3v) is 12.4. The lowest BCUT2D eigenvalue weighted by Crippen LogP contribution is -2.65. The Morgan fingerprint density at radius 3 is 2.25 bits per heavy atom. The number of ether oxygens (including phenoxy) is 3. The van der Waals surface area contributed by atoms with Crippen molar-refractivity contribution in [1.82, 2.24) is 10.6 Å². The number of amides is 2. The number of hydrogen-bond acceptors (Lipinski definition) is 7.